The van der Waals surface area contributed by atoms with Gasteiger partial charge in [-0.3, -0.25) is 19.4 Å². The molecular weight excluding hydrogens is 320 g/mol. The van der Waals surface area contributed by atoms with Crippen molar-refractivity contribution in [1.82, 2.24) is 19.7 Å². The molecule has 1 aromatic rings. The summed E-state index contributed by atoms with van der Waals surface area (Å²) in [5, 5.41) is 0. The topological polar surface area (TPSA) is 73.8 Å². The molecule has 2 heterocycles. The summed E-state index contributed by atoms with van der Waals surface area (Å²) < 4.78 is 0. The highest BCUT2D eigenvalue weighted by molar-refractivity contribution is 5.97. The highest BCUT2D eigenvalue weighted by atomic mass is 16.2. The molecule has 0 atom stereocenters. The van der Waals surface area contributed by atoms with Gasteiger partial charge in [0.05, 0.1) is 0 Å². The second-order valence-corrected chi connectivity index (χ2v) is 6.48. The minimum absolute atomic E-state index is 0.0300. The molecule has 1 saturated heterocycles. The molecule has 0 bridgehead atoms. The Hall–Kier alpha value is -2.28. The van der Waals surface area contributed by atoms with Gasteiger partial charge in [0.25, 0.3) is 0 Å². The molecule has 1 aromatic heterocycles. The van der Waals surface area contributed by atoms with E-state index in [0.717, 1.165) is 6.54 Å². The van der Waals surface area contributed by atoms with Crippen molar-refractivity contribution in [3.05, 3.63) is 30.1 Å². The van der Waals surface area contributed by atoms with Gasteiger partial charge in [0.2, 0.25) is 11.8 Å². The van der Waals surface area contributed by atoms with Crippen molar-refractivity contribution >= 4 is 17.6 Å². The Morgan fingerprint density at radius 1 is 1.00 bits per heavy atom. The largest absolute Gasteiger partial charge is 0.339 e. The maximum atomic E-state index is 12.3. The second-order valence-electron chi connectivity index (χ2n) is 6.48. The fourth-order valence-corrected chi connectivity index (χ4v) is 2.73. The van der Waals surface area contributed by atoms with E-state index in [-0.39, 0.29) is 30.4 Å². The fraction of sp³-hybridized carbons (Fsp3) is 0.556. The lowest BCUT2D eigenvalue weighted by Crippen LogP contribution is -2.50. The number of Topliss-reactive ketones (excluding diaryl/α,β-unsaturated/α-hetero) is 1. The quantitative estimate of drug-likeness (QED) is 0.679. The molecule has 0 saturated carbocycles. The number of rotatable bonds is 7. The zero-order chi connectivity index (χ0) is 18.2. The molecule has 7 heteroatoms. The molecule has 0 radical (unpaired) electrons. The summed E-state index contributed by atoms with van der Waals surface area (Å²) in [6.07, 6.45) is 4.02. The van der Waals surface area contributed by atoms with E-state index in [1.165, 1.54) is 6.20 Å². The van der Waals surface area contributed by atoms with Crippen LogP contribution < -0.4 is 0 Å². The average Bonchev–Trinajstić information content (AvgIpc) is 2.64. The molecular formula is C18H26N4O3. The van der Waals surface area contributed by atoms with Gasteiger partial charge in [0.1, 0.15) is 0 Å². The number of nitrogens with zero attached hydrogens (tertiary/aromatic N) is 4. The predicted molar refractivity (Wildman–Crippen MR) is 94.1 cm³/mol. The summed E-state index contributed by atoms with van der Waals surface area (Å²) in [7, 11) is 3.88. The van der Waals surface area contributed by atoms with Gasteiger partial charge in [-0.25, -0.2) is 0 Å². The number of pyridine rings is 1. The Bertz CT molecular complexity index is 596. The van der Waals surface area contributed by atoms with E-state index in [1.54, 1.807) is 23.2 Å². The molecule has 136 valence electrons. The van der Waals surface area contributed by atoms with E-state index in [4.69, 9.17) is 0 Å². The lowest BCUT2D eigenvalue weighted by atomic mass is 10.1. The molecule has 0 spiro atoms. The van der Waals surface area contributed by atoms with Gasteiger partial charge in [-0.05, 0) is 26.2 Å². The van der Waals surface area contributed by atoms with Gasteiger partial charge in [-0.1, -0.05) is 0 Å². The number of carbonyl (C=O) groups excluding carboxylic acids is 3. The molecule has 1 aliphatic rings. The van der Waals surface area contributed by atoms with Crippen LogP contribution in [0.2, 0.25) is 0 Å². The first-order valence-electron chi connectivity index (χ1n) is 8.61. The van der Waals surface area contributed by atoms with Gasteiger partial charge < -0.3 is 14.7 Å². The number of hydrogen-bond donors (Lipinski definition) is 0. The van der Waals surface area contributed by atoms with Crippen molar-refractivity contribution in [3.8, 4) is 0 Å². The third kappa shape index (κ3) is 5.94. The van der Waals surface area contributed by atoms with Gasteiger partial charge in [0, 0.05) is 69.9 Å². The Kier molecular flexibility index (Phi) is 7.06. The summed E-state index contributed by atoms with van der Waals surface area (Å²) in [6, 6.07) is 3.42. The molecule has 0 unspecified atom stereocenters. The van der Waals surface area contributed by atoms with Crippen molar-refractivity contribution in [2.24, 2.45) is 0 Å². The monoisotopic (exact) mass is 346 g/mol. The standard InChI is InChI=1S/C18H26N4O3/c1-20(2)9-7-18(25)22-12-10-21(11-13-22)17(24)6-5-16(23)15-4-3-8-19-14-15/h3-4,8,14H,5-7,9-13H2,1-2H3. The van der Waals surface area contributed by atoms with Gasteiger partial charge in [-0.2, -0.15) is 0 Å². The third-order valence-corrected chi connectivity index (χ3v) is 4.31. The van der Waals surface area contributed by atoms with Crippen molar-refractivity contribution in [2.75, 3.05) is 46.8 Å². The molecule has 7 nitrogen and oxygen atoms in total. The third-order valence-electron chi connectivity index (χ3n) is 4.31. The summed E-state index contributed by atoms with van der Waals surface area (Å²) in [5.74, 6) is 0.0316. The van der Waals surface area contributed by atoms with Crippen LogP contribution >= 0.6 is 0 Å². The normalized spacial score (nSPS) is 14.7. The van der Waals surface area contributed by atoms with Crippen molar-refractivity contribution in [3.63, 3.8) is 0 Å². The highest BCUT2D eigenvalue weighted by Gasteiger charge is 2.24. The van der Waals surface area contributed by atoms with Crippen LogP contribution in [0, 0.1) is 0 Å². The van der Waals surface area contributed by atoms with Crippen LogP contribution in [0.5, 0.6) is 0 Å². The average molecular weight is 346 g/mol. The van der Waals surface area contributed by atoms with Crippen LogP contribution in [-0.4, -0.2) is 84.1 Å². The summed E-state index contributed by atoms with van der Waals surface area (Å²) in [6.45, 7) is 2.93. The molecule has 1 fully saturated rings. The molecule has 0 aliphatic carbocycles. The number of aromatic nitrogens is 1. The first kappa shape index (κ1) is 19.1. The highest BCUT2D eigenvalue weighted by Crippen LogP contribution is 2.09. The minimum Gasteiger partial charge on any atom is -0.339 e. The maximum Gasteiger partial charge on any atom is 0.223 e. The summed E-state index contributed by atoms with van der Waals surface area (Å²) >= 11 is 0. The Balaban J connectivity index is 1.72. The van der Waals surface area contributed by atoms with E-state index < -0.39 is 0 Å². The van der Waals surface area contributed by atoms with E-state index in [9.17, 15) is 14.4 Å². The van der Waals surface area contributed by atoms with Crippen LogP contribution in [0.25, 0.3) is 0 Å². The summed E-state index contributed by atoms with van der Waals surface area (Å²) in [5.41, 5.74) is 0.534. The van der Waals surface area contributed by atoms with E-state index >= 15 is 0 Å². The van der Waals surface area contributed by atoms with E-state index in [2.05, 4.69) is 4.98 Å². The zero-order valence-electron chi connectivity index (χ0n) is 15.0. The number of ketones is 1. The number of hydrogen-bond acceptors (Lipinski definition) is 5. The lowest BCUT2D eigenvalue weighted by molar-refractivity contribution is -0.139. The first-order valence-corrected chi connectivity index (χ1v) is 8.61. The van der Waals surface area contributed by atoms with Crippen molar-refractivity contribution < 1.29 is 14.4 Å². The van der Waals surface area contributed by atoms with Crippen LogP contribution in [0.4, 0.5) is 0 Å². The Morgan fingerprint density at radius 3 is 2.12 bits per heavy atom. The van der Waals surface area contributed by atoms with Crippen LogP contribution in [0.15, 0.2) is 24.5 Å². The molecule has 25 heavy (non-hydrogen) atoms. The maximum absolute atomic E-state index is 12.3. The second kappa shape index (κ2) is 9.27. The molecule has 2 rings (SSSR count). The first-order chi connectivity index (χ1) is 12.0. The molecule has 0 aromatic carbocycles. The number of amides is 2. The zero-order valence-corrected chi connectivity index (χ0v) is 15.0. The van der Waals surface area contributed by atoms with Crippen molar-refractivity contribution in [2.45, 2.75) is 19.3 Å². The number of piperazine rings is 1. The summed E-state index contributed by atoms with van der Waals surface area (Å²) in [4.78, 5) is 45.9. The van der Waals surface area contributed by atoms with E-state index in [0.29, 0.717) is 38.2 Å². The van der Waals surface area contributed by atoms with Crippen LogP contribution in [-0.2, 0) is 9.59 Å². The Morgan fingerprint density at radius 2 is 1.60 bits per heavy atom. The minimum atomic E-state index is -0.0704. The lowest BCUT2D eigenvalue weighted by Gasteiger charge is -2.35. The number of carbonyl (C=O) groups is 3. The Labute approximate surface area is 148 Å². The van der Waals surface area contributed by atoms with Crippen LogP contribution in [0.3, 0.4) is 0 Å². The SMILES string of the molecule is CN(C)CCC(=O)N1CCN(C(=O)CCC(=O)c2cccnc2)CC1. The molecule has 1 aliphatic heterocycles. The van der Waals surface area contributed by atoms with Gasteiger partial charge in [-0.15, -0.1) is 0 Å². The molecule has 2 amide bonds. The molecule has 0 N–H and O–H groups in total. The van der Waals surface area contributed by atoms with Gasteiger partial charge >= 0.3 is 0 Å². The van der Waals surface area contributed by atoms with E-state index in [1.807, 2.05) is 23.9 Å². The predicted octanol–water partition coefficient (Wildman–Crippen LogP) is 0.667. The fourth-order valence-electron chi connectivity index (χ4n) is 2.73. The van der Waals surface area contributed by atoms with Crippen molar-refractivity contribution in [1.29, 1.82) is 0 Å². The smallest absolute Gasteiger partial charge is 0.223 e. The van der Waals surface area contributed by atoms with Gasteiger partial charge in [0.15, 0.2) is 5.78 Å². The van der Waals surface area contributed by atoms with Crippen LogP contribution in [0.1, 0.15) is 29.6 Å².